The first-order valence-electron chi connectivity index (χ1n) is 9.82. The molecule has 0 radical (unpaired) electrons. The van der Waals surface area contributed by atoms with Crippen molar-refractivity contribution in [2.45, 2.75) is 56.8 Å². The second kappa shape index (κ2) is 6.95. The minimum Gasteiger partial charge on any atom is -0.382 e. The van der Waals surface area contributed by atoms with Crippen molar-refractivity contribution in [1.82, 2.24) is 0 Å². The number of piperidine rings is 1. The van der Waals surface area contributed by atoms with Gasteiger partial charge >= 0.3 is 6.18 Å². The highest BCUT2D eigenvalue weighted by Gasteiger charge is 2.41. The molecule has 0 spiro atoms. The second-order valence-corrected chi connectivity index (χ2v) is 8.41. The first kappa shape index (κ1) is 18.0. The van der Waals surface area contributed by atoms with Gasteiger partial charge in [0.2, 0.25) is 0 Å². The van der Waals surface area contributed by atoms with Gasteiger partial charge in [-0.2, -0.15) is 13.2 Å². The van der Waals surface area contributed by atoms with Crippen LogP contribution in [-0.2, 0) is 0 Å². The summed E-state index contributed by atoms with van der Waals surface area (Å²) in [5, 5.41) is 3.63. The number of rotatable bonds is 3. The van der Waals surface area contributed by atoms with Gasteiger partial charge in [0.1, 0.15) is 0 Å². The standard InChI is InChI=1S/C20H28F3N3/c21-20(22,23)15-5-7-26(8-6-15)19-3-1-17(2-4-19)25-18-11-13-9-16(24)10-14(13)12-18/h1-4,13-16,18,25H,5-12,24H2/t13-,14+,16?,18?. The Hall–Kier alpha value is -1.43. The average molecular weight is 367 g/mol. The minimum atomic E-state index is -4.05. The summed E-state index contributed by atoms with van der Waals surface area (Å²) in [6, 6.07) is 9.09. The summed E-state index contributed by atoms with van der Waals surface area (Å²) in [6.45, 7) is 0.951. The van der Waals surface area contributed by atoms with Crippen LogP contribution in [0.1, 0.15) is 38.5 Å². The van der Waals surface area contributed by atoms with Crippen molar-refractivity contribution < 1.29 is 13.2 Å². The molecule has 4 rings (SSSR count). The Kier molecular flexibility index (Phi) is 4.80. The van der Waals surface area contributed by atoms with E-state index in [1.54, 1.807) is 0 Å². The summed E-state index contributed by atoms with van der Waals surface area (Å²) in [5.74, 6) is 0.406. The summed E-state index contributed by atoms with van der Waals surface area (Å²) in [4.78, 5) is 2.06. The molecule has 26 heavy (non-hydrogen) atoms. The monoisotopic (exact) mass is 367 g/mol. The summed E-state index contributed by atoms with van der Waals surface area (Å²) in [5.41, 5.74) is 8.18. The minimum absolute atomic E-state index is 0.191. The van der Waals surface area contributed by atoms with E-state index in [0.717, 1.165) is 36.1 Å². The highest BCUT2D eigenvalue weighted by molar-refractivity contribution is 5.55. The maximum atomic E-state index is 12.8. The third-order valence-corrected chi connectivity index (χ3v) is 6.61. The van der Waals surface area contributed by atoms with E-state index in [4.69, 9.17) is 5.73 Å². The number of alkyl halides is 3. The molecule has 1 aromatic carbocycles. The number of nitrogens with one attached hydrogen (secondary N) is 1. The lowest BCUT2D eigenvalue weighted by Crippen LogP contribution is -2.38. The molecule has 3 N–H and O–H groups in total. The van der Waals surface area contributed by atoms with Crippen LogP contribution in [-0.4, -0.2) is 31.3 Å². The van der Waals surface area contributed by atoms with Gasteiger partial charge < -0.3 is 16.0 Å². The normalized spacial score (nSPS) is 32.7. The lowest BCUT2D eigenvalue weighted by molar-refractivity contribution is -0.179. The fourth-order valence-electron chi connectivity index (χ4n) is 5.25. The zero-order valence-electron chi connectivity index (χ0n) is 15.0. The second-order valence-electron chi connectivity index (χ2n) is 8.41. The number of nitrogens with zero attached hydrogens (tertiary/aromatic N) is 1. The van der Waals surface area contributed by atoms with E-state index in [0.29, 0.717) is 25.2 Å². The van der Waals surface area contributed by atoms with Crippen LogP contribution in [0.25, 0.3) is 0 Å². The van der Waals surface area contributed by atoms with Gasteiger partial charge in [-0.25, -0.2) is 0 Å². The molecule has 3 aliphatic rings. The van der Waals surface area contributed by atoms with E-state index in [-0.39, 0.29) is 12.8 Å². The fraction of sp³-hybridized carbons (Fsp3) is 0.700. The van der Waals surface area contributed by atoms with Crippen LogP contribution in [0.3, 0.4) is 0 Å². The molecule has 0 aromatic heterocycles. The van der Waals surface area contributed by atoms with Crippen LogP contribution < -0.4 is 16.0 Å². The van der Waals surface area contributed by atoms with E-state index in [2.05, 4.69) is 22.3 Å². The Morgan fingerprint density at radius 1 is 0.923 bits per heavy atom. The highest BCUT2D eigenvalue weighted by atomic mass is 19.4. The number of fused-ring (bicyclic) bond motifs is 1. The first-order chi connectivity index (χ1) is 12.4. The van der Waals surface area contributed by atoms with Crippen molar-refractivity contribution in [3.63, 3.8) is 0 Å². The third-order valence-electron chi connectivity index (χ3n) is 6.61. The van der Waals surface area contributed by atoms with Crippen LogP contribution in [0.4, 0.5) is 24.5 Å². The molecule has 0 amide bonds. The number of nitrogens with two attached hydrogens (primary N) is 1. The number of hydrogen-bond donors (Lipinski definition) is 2. The molecular weight excluding hydrogens is 339 g/mol. The van der Waals surface area contributed by atoms with E-state index in [9.17, 15) is 13.2 Å². The van der Waals surface area contributed by atoms with Gasteiger partial charge in [-0.05, 0) is 74.6 Å². The van der Waals surface area contributed by atoms with Gasteiger partial charge in [-0.1, -0.05) is 0 Å². The van der Waals surface area contributed by atoms with Crippen molar-refractivity contribution in [1.29, 1.82) is 0 Å². The number of hydrogen-bond acceptors (Lipinski definition) is 3. The molecule has 2 saturated carbocycles. The summed E-state index contributed by atoms with van der Waals surface area (Å²) < 4.78 is 38.4. The van der Waals surface area contributed by atoms with Crippen LogP contribution >= 0.6 is 0 Å². The van der Waals surface area contributed by atoms with Crippen LogP contribution in [0.2, 0.25) is 0 Å². The van der Waals surface area contributed by atoms with Gasteiger partial charge in [-0.3, -0.25) is 0 Å². The molecule has 1 aromatic rings. The van der Waals surface area contributed by atoms with Gasteiger partial charge in [0.15, 0.2) is 0 Å². The smallest absolute Gasteiger partial charge is 0.382 e. The van der Waals surface area contributed by atoms with Gasteiger partial charge in [0.25, 0.3) is 0 Å². The molecule has 1 aliphatic heterocycles. The molecular formula is C20H28F3N3. The molecule has 3 fully saturated rings. The van der Waals surface area contributed by atoms with Crippen molar-refractivity contribution in [3.05, 3.63) is 24.3 Å². The molecule has 144 valence electrons. The maximum absolute atomic E-state index is 12.8. The third kappa shape index (κ3) is 3.80. The van der Waals surface area contributed by atoms with Crippen LogP contribution in [0.5, 0.6) is 0 Å². The Labute approximate surface area is 153 Å². The van der Waals surface area contributed by atoms with Gasteiger partial charge in [0, 0.05) is 36.5 Å². The Morgan fingerprint density at radius 2 is 1.50 bits per heavy atom. The number of anilines is 2. The topological polar surface area (TPSA) is 41.3 Å². The molecule has 3 nitrogen and oxygen atoms in total. The zero-order valence-corrected chi connectivity index (χ0v) is 15.0. The van der Waals surface area contributed by atoms with E-state index >= 15 is 0 Å². The van der Waals surface area contributed by atoms with E-state index in [1.807, 2.05) is 12.1 Å². The molecule has 2 unspecified atom stereocenters. The first-order valence-corrected chi connectivity index (χ1v) is 9.82. The van der Waals surface area contributed by atoms with Crippen LogP contribution in [0, 0.1) is 17.8 Å². The van der Waals surface area contributed by atoms with Crippen molar-refractivity contribution in [3.8, 4) is 0 Å². The van der Waals surface area contributed by atoms with Crippen molar-refractivity contribution in [2.24, 2.45) is 23.5 Å². The maximum Gasteiger partial charge on any atom is 0.391 e. The summed E-state index contributed by atoms with van der Waals surface area (Å²) in [7, 11) is 0. The summed E-state index contributed by atoms with van der Waals surface area (Å²) in [6.07, 6.45) is 1.05. The molecule has 1 saturated heterocycles. The number of halogens is 3. The van der Waals surface area contributed by atoms with E-state index < -0.39 is 12.1 Å². The Bertz CT molecular complexity index is 594. The Balaban J connectivity index is 1.29. The lowest BCUT2D eigenvalue weighted by Gasteiger charge is -2.34. The predicted octanol–water partition coefficient (Wildman–Crippen LogP) is 4.39. The largest absolute Gasteiger partial charge is 0.391 e. The quantitative estimate of drug-likeness (QED) is 0.832. The highest BCUT2D eigenvalue weighted by Crippen LogP contribution is 2.44. The molecule has 1 heterocycles. The molecule has 2 aliphatic carbocycles. The van der Waals surface area contributed by atoms with Crippen LogP contribution in [0.15, 0.2) is 24.3 Å². The van der Waals surface area contributed by atoms with E-state index in [1.165, 1.54) is 12.8 Å². The van der Waals surface area contributed by atoms with Gasteiger partial charge in [-0.15, -0.1) is 0 Å². The lowest BCUT2D eigenvalue weighted by atomic mass is 9.96. The van der Waals surface area contributed by atoms with Crippen molar-refractivity contribution >= 4 is 11.4 Å². The number of benzene rings is 1. The Morgan fingerprint density at radius 3 is 2.04 bits per heavy atom. The SMILES string of the molecule is NC1C[C@@H]2CC(Nc3ccc(N4CCC(C(F)(F)F)CC4)cc3)C[C@@H]2C1. The predicted molar refractivity (Wildman–Crippen MR) is 98.3 cm³/mol. The average Bonchev–Trinajstić information content (AvgIpc) is 3.11. The molecule has 6 heteroatoms. The molecule has 4 atom stereocenters. The molecule has 0 bridgehead atoms. The van der Waals surface area contributed by atoms with Crippen molar-refractivity contribution in [2.75, 3.05) is 23.3 Å². The zero-order chi connectivity index (χ0) is 18.3. The van der Waals surface area contributed by atoms with Gasteiger partial charge in [0.05, 0.1) is 5.92 Å². The summed E-state index contributed by atoms with van der Waals surface area (Å²) >= 11 is 0. The fourth-order valence-corrected chi connectivity index (χ4v) is 5.25.